The number of methoxy groups -OCH3 is 2. The maximum atomic E-state index is 13.1. The van der Waals surface area contributed by atoms with E-state index in [4.69, 9.17) is 21.1 Å². The van der Waals surface area contributed by atoms with Gasteiger partial charge in [-0.3, -0.25) is 4.79 Å². The van der Waals surface area contributed by atoms with Crippen LogP contribution in [0.2, 0.25) is 5.02 Å². The Bertz CT molecular complexity index is 864. The molecule has 2 aromatic carbocycles. The largest absolute Gasteiger partial charge is 0.493 e. The average Bonchev–Trinajstić information content (AvgIpc) is 3.49. The van der Waals surface area contributed by atoms with Gasteiger partial charge in [-0.05, 0) is 42.7 Å². The predicted octanol–water partition coefficient (Wildman–Crippen LogP) is 5.18. The monoisotopic (exact) mass is 413 g/mol. The number of alkyl halides is 3. The van der Waals surface area contributed by atoms with Gasteiger partial charge in [-0.1, -0.05) is 23.7 Å². The lowest BCUT2D eigenvalue weighted by atomic mass is 10.1. The van der Waals surface area contributed by atoms with E-state index in [1.54, 1.807) is 11.0 Å². The molecular formula is C20H19ClF3NO3. The van der Waals surface area contributed by atoms with Crippen molar-refractivity contribution >= 4 is 17.5 Å². The molecule has 3 rings (SSSR count). The van der Waals surface area contributed by atoms with Crippen molar-refractivity contribution in [3.63, 3.8) is 0 Å². The van der Waals surface area contributed by atoms with Crippen molar-refractivity contribution in [3.05, 3.63) is 58.1 Å². The zero-order chi connectivity index (χ0) is 20.5. The van der Waals surface area contributed by atoms with E-state index in [1.807, 2.05) is 0 Å². The van der Waals surface area contributed by atoms with Crippen LogP contribution < -0.4 is 9.47 Å². The van der Waals surface area contributed by atoms with Gasteiger partial charge in [0, 0.05) is 18.2 Å². The van der Waals surface area contributed by atoms with Gasteiger partial charge in [0.1, 0.15) is 0 Å². The van der Waals surface area contributed by atoms with Gasteiger partial charge in [0.25, 0.3) is 5.91 Å². The Morgan fingerprint density at radius 2 is 1.79 bits per heavy atom. The maximum Gasteiger partial charge on any atom is 0.416 e. The molecule has 0 radical (unpaired) electrons. The number of rotatable bonds is 6. The minimum atomic E-state index is -4.39. The minimum Gasteiger partial charge on any atom is -0.493 e. The second-order valence-corrected chi connectivity index (χ2v) is 6.96. The number of hydrogen-bond acceptors (Lipinski definition) is 3. The van der Waals surface area contributed by atoms with Crippen molar-refractivity contribution in [2.45, 2.75) is 31.6 Å². The molecule has 1 fully saturated rings. The van der Waals surface area contributed by atoms with E-state index >= 15 is 0 Å². The molecule has 1 amide bonds. The third kappa shape index (κ3) is 4.35. The number of ether oxygens (including phenoxy) is 2. The molecule has 0 aromatic heterocycles. The zero-order valence-electron chi connectivity index (χ0n) is 15.3. The highest BCUT2D eigenvalue weighted by atomic mass is 35.5. The van der Waals surface area contributed by atoms with Crippen molar-refractivity contribution in [1.29, 1.82) is 0 Å². The molecule has 0 unspecified atom stereocenters. The Hall–Kier alpha value is -2.41. The Morgan fingerprint density at radius 1 is 1.14 bits per heavy atom. The summed E-state index contributed by atoms with van der Waals surface area (Å²) in [6.07, 6.45) is -2.68. The Kier molecular flexibility index (Phi) is 5.74. The molecule has 2 aromatic rings. The summed E-state index contributed by atoms with van der Waals surface area (Å²) >= 11 is 6.20. The summed E-state index contributed by atoms with van der Waals surface area (Å²) in [5.41, 5.74) is 0.244. The van der Waals surface area contributed by atoms with Crippen LogP contribution in [0.15, 0.2) is 36.4 Å². The lowest BCUT2D eigenvalue weighted by molar-refractivity contribution is -0.137. The molecule has 0 saturated heterocycles. The van der Waals surface area contributed by atoms with Crippen LogP contribution in [0.25, 0.3) is 0 Å². The van der Waals surface area contributed by atoms with Gasteiger partial charge in [0.05, 0.1) is 24.8 Å². The van der Waals surface area contributed by atoms with E-state index in [0.717, 1.165) is 25.0 Å². The van der Waals surface area contributed by atoms with E-state index in [0.29, 0.717) is 22.6 Å². The predicted molar refractivity (Wildman–Crippen MR) is 98.9 cm³/mol. The molecule has 1 saturated carbocycles. The van der Waals surface area contributed by atoms with Gasteiger partial charge in [-0.15, -0.1) is 0 Å². The molecule has 4 nitrogen and oxygen atoms in total. The van der Waals surface area contributed by atoms with Gasteiger partial charge < -0.3 is 14.4 Å². The lowest BCUT2D eigenvalue weighted by Crippen LogP contribution is -2.32. The quantitative estimate of drug-likeness (QED) is 0.655. The van der Waals surface area contributed by atoms with Crippen molar-refractivity contribution in [3.8, 4) is 11.5 Å². The Balaban J connectivity index is 1.85. The zero-order valence-corrected chi connectivity index (χ0v) is 16.1. The van der Waals surface area contributed by atoms with E-state index in [1.165, 1.54) is 32.4 Å². The highest BCUT2D eigenvalue weighted by molar-refractivity contribution is 6.32. The highest BCUT2D eigenvalue weighted by Gasteiger charge is 2.34. The average molecular weight is 414 g/mol. The first-order valence-corrected chi connectivity index (χ1v) is 9.01. The molecule has 0 heterocycles. The fourth-order valence-electron chi connectivity index (χ4n) is 2.96. The number of carbonyl (C=O) groups is 1. The molecule has 28 heavy (non-hydrogen) atoms. The van der Waals surface area contributed by atoms with Crippen LogP contribution >= 0.6 is 11.6 Å². The summed E-state index contributed by atoms with van der Waals surface area (Å²) in [4.78, 5) is 14.7. The maximum absolute atomic E-state index is 13.1. The third-order valence-corrected chi connectivity index (χ3v) is 4.84. The first-order chi connectivity index (χ1) is 13.2. The minimum absolute atomic E-state index is 0.0571. The topological polar surface area (TPSA) is 38.8 Å². The van der Waals surface area contributed by atoms with Crippen LogP contribution in [-0.2, 0) is 12.7 Å². The molecule has 1 aliphatic carbocycles. The second kappa shape index (κ2) is 7.91. The van der Waals surface area contributed by atoms with Crippen LogP contribution in [0.4, 0.5) is 13.2 Å². The van der Waals surface area contributed by atoms with Crippen LogP contribution in [0.5, 0.6) is 11.5 Å². The highest BCUT2D eigenvalue weighted by Crippen LogP contribution is 2.38. The van der Waals surface area contributed by atoms with Gasteiger partial charge in [0.15, 0.2) is 11.5 Å². The van der Waals surface area contributed by atoms with Crippen molar-refractivity contribution in [2.75, 3.05) is 14.2 Å². The number of halogens is 4. The number of hydrogen-bond donors (Lipinski definition) is 0. The van der Waals surface area contributed by atoms with Crippen molar-refractivity contribution < 1.29 is 27.4 Å². The van der Waals surface area contributed by atoms with Crippen molar-refractivity contribution in [2.24, 2.45) is 0 Å². The van der Waals surface area contributed by atoms with Gasteiger partial charge >= 0.3 is 6.18 Å². The molecule has 1 aliphatic rings. The molecular weight excluding hydrogens is 395 g/mol. The SMILES string of the molecule is COc1cc(C(=O)N(Cc2ccc(C(F)(F)F)cc2)C2CC2)cc(Cl)c1OC. The standard InChI is InChI=1S/C20H19ClF3NO3/c1-27-17-10-13(9-16(21)18(17)28-2)19(26)25(15-7-8-15)11-12-3-5-14(6-4-12)20(22,23)24/h3-6,9-10,15H,7-8,11H2,1-2H3. The smallest absolute Gasteiger partial charge is 0.416 e. The van der Waals surface area contributed by atoms with E-state index in [9.17, 15) is 18.0 Å². The molecule has 0 spiro atoms. The fourth-order valence-corrected chi connectivity index (χ4v) is 3.24. The lowest BCUT2D eigenvalue weighted by Gasteiger charge is -2.23. The van der Waals surface area contributed by atoms with E-state index < -0.39 is 11.7 Å². The van der Waals surface area contributed by atoms with Crippen LogP contribution in [0.3, 0.4) is 0 Å². The summed E-state index contributed by atoms with van der Waals surface area (Å²) in [5, 5.41) is 0.246. The summed E-state index contributed by atoms with van der Waals surface area (Å²) in [7, 11) is 2.90. The number of nitrogens with zero attached hydrogens (tertiary/aromatic N) is 1. The molecule has 0 atom stereocenters. The van der Waals surface area contributed by atoms with E-state index in [-0.39, 0.29) is 23.5 Å². The first-order valence-electron chi connectivity index (χ1n) is 8.63. The Labute approximate surface area is 165 Å². The summed E-state index contributed by atoms with van der Waals surface area (Å²) in [6, 6.07) is 7.96. The van der Waals surface area contributed by atoms with Gasteiger partial charge in [-0.25, -0.2) is 0 Å². The number of carbonyl (C=O) groups excluding carboxylic acids is 1. The molecule has 150 valence electrons. The van der Waals surface area contributed by atoms with Gasteiger partial charge in [-0.2, -0.15) is 13.2 Å². The first kappa shape index (κ1) is 20.3. The fraction of sp³-hybridized carbons (Fsp3) is 0.350. The van der Waals surface area contributed by atoms with Crippen molar-refractivity contribution in [1.82, 2.24) is 4.90 Å². The van der Waals surface area contributed by atoms with Crippen LogP contribution in [-0.4, -0.2) is 31.1 Å². The number of amides is 1. The molecule has 0 bridgehead atoms. The Morgan fingerprint density at radius 3 is 2.29 bits per heavy atom. The molecule has 8 heteroatoms. The third-order valence-electron chi connectivity index (χ3n) is 4.56. The van der Waals surface area contributed by atoms with Crippen LogP contribution in [0.1, 0.15) is 34.3 Å². The second-order valence-electron chi connectivity index (χ2n) is 6.55. The molecule has 0 aliphatic heterocycles. The summed E-state index contributed by atoms with van der Waals surface area (Å²) < 4.78 is 48.6. The van der Waals surface area contributed by atoms with Crippen LogP contribution in [0, 0.1) is 0 Å². The summed E-state index contributed by atoms with van der Waals surface area (Å²) in [6.45, 7) is 0.216. The molecule has 0 N–H and O–H groups in total. The van der Waals surface area contributed by atoms with E-state index in [2.05, 4.69) is 0 Å². The summed E-state index contributed by atoms with van der Waals surface area (Å²) in [5.74, 6) is 0.412. The normalized spacial score (nSPS) is 13.9. The number of benzene rings is 2. The van der Waals surface area contributed by atoms with Gasteiger partial charge in [0.2, 0.25) is 0 Å².